The molecule has 1 amide bonds. The summed E-state index contributed by atoms with van der Waals surface area (Å²) in [6, 6.07) is 0. The fraction of sp³-hybridized carbons (Fsp3) is 0.833. The van der Waals surface area contributed by atoms with Gasteiger partial charge in [-0.15, -0.1) is 0 Å². The van der Waals surface area contributed by atoms with Gasteiger partial charge in [0.25, 0.3) is 0 Å². The lowest BCUT2D eigenvalue weighted by molar-refractivity contribution is -0.0484. The Hall–Kier alpha value is -0.840. The van der Waals surface area contributed by atoms with Gasteiger partial charge in [-0.05, 0) is 0 Å². The molecule has 4 nitrogen and oxygen atoms in total. The van der Waals surface area contributed by atoms with Gasteiger partial charge in [0.15, 0.2) is 5.67 Å². The molecule has 1 N–H and O–H groups in total. The van der Waals surface area contributed by atoms with E-state index in [0.717, 1.165) is 4.90 Å². The van der Waals surface area contributed by atoms with Gasteiger partial charge in [-0.3, -0.25) is 0 Å². The van der Waals surface area contributed by atoms with Crippen LogP contribution in [-0.2, 0) is 4.74 Å². The highest BCUT2D eigenvalue weighted by molar-refractivity contribution is 5.68. The number of aliphatic hydroxyl groups is 1. The molecule has 1 fully saturated rings. The third-order valence-electron chi connectivity index (χ3n) is 1.57. The zero-order valence-electron chi connectivity index (χ0n) is 6.21. The molecule has 1 aliphatic rings. The van der Waals surface area contributed by atoms with Crippen LogP contribution in [-0.4, -0.2) is 48.6 Å². The van der Waals surface area contributed by atoms with Crippen LogP contribution in [0.3, 0.4) is 0 Å². The summed E-state index contributed by atoms with van der Waals surface area (Å²) in [7, 11) is 1.42. The number of alkyl halides is 1. The molecule has 0 aromatic rings. The largest absolute Gasteiger partial charge is 0.446 e. The van der Waals surface area contributed by atoms with E-state index >= 15 is 0 Å². The molecule has 1 atom stereocenters. The number of carbonyl (C=O) groups excluding carboxylic acids is 1. The van der Waals surface area contributed by atoms with E-state index in [-0.39, 0.29) is 13.2 Å². The maximum atomic E-state index is 13.2. The molecule has 0 saturated carbocycles. The van der Waals surface area contributed by atoms with Crippen molar-refractivity contribution in [1.82, 2.24) is 4.90 Å². The first-order chi connectivity index (χ1) is 5.07. The summed E-state index contributed by atoms with van der Waals surface area (Å²) < 4.78 is 17.6. The summed E-state index contributed by atoms with van der Waals surface area (Å²) in [5.41, 5.74) is -1.79. The Bertz CT molecular complexity index is 175. The standard InChI is InChI=1S/C6H10FNO3/c1-8-2-6(7,3-9)4-11-5(8)10/h9H,2-4H2,1H3/t6-/m0/s1. The quantitative estimate of drug-likeness (QED) is 0.580. The zero-order chi connectivity index (χ0) is 8.48. The molecule has 0 spiro atoms. The number of hydrogen-bond acceptors (Lipinski definition) is 3. The smallest absolute Gasteiger partial charge is 0.409 e. The van der Waals surface area contributed by atoms with Gasteiger partial charge < -0.3 is 14.7 Å². The van der Waals surface area contributed by atoms with Crippen molar-refractivity contribution >= 4 is 6.09 Å². The summed E-state index contributed by atoms with van der Waals surface area (Å²) in [6.45, 7) is -1.08. The molecule has 0 radical (unpaired) electrons. The Labute approximate surface area is 63.6 Å². The summed E-state index contributed by atoms with van der Waals surface area (Å²) in [5, 5.41) is 8.56. The third-order valence-corrected chi connectivity index (χ3v) is 1.57. The number of carbonyl (C=O) groups is 1. The average Bonchev–Trinajstić information content (AvgIpc) is 1.98. The molecule has 0 aromatic carbocycles. The van der Waals surface area contributed by atoms with Crippen molar-refractivity contribution in [2.45, 2.75) is 5.67 Å². The van der Waals surface area contributed by atoms with Gasteiger partial charge in [0.2, 0.25) is 0 Å². The second-order valence-electron chi connectivity index (χ2n) is 2.72. The molecule has 1 aliphatic heterocycles. The van der Waals surface area contributed by atoms with Gasteiger partial charge in [-0.1, -0.05) is 0 Å². The minimum atomic E-state index is -1.79. The molecule has 64 valence electrons. The predicted molar refractivity (Wildman–Crippen MR) is 34.9 cm³/mol. The number of rotatable bonds is 1. The first kappa shape index (κ1) is 8.26. The first-order valence-electron chi connectivity index (χ1n) is 3.25. The molecular weight excluding hydrogens is 153 g/mol. The van der Waals surface area contributed by atoms with Gasteiger partial charge in [0, 0.05) is 7.05 Å². The van der Waals surface area contributed by atoms with Crippen LogP contribution in [0.2, 0.25) is 0 Å². The van der Waals surface area contributed by atoms with Crippen LogP contribution in [0, 0.1) is 0 Å². The van der Waals surface area contributed by atoms with Crippen molar-refractivity contribution in [3.63, 3.8) is 0 Å². The SMILES string of the molecule is CN1C[C@](F)(CO)COC1=O. The van der Waals surface area contributed by atoms with E-state index in [0.29, 0.717) is 0 Å². The fourth-order valence-electron chi connectivity index (χ4n) is 0.932. The number of amides is 1. The molecule has 0 aliphatic carbocycles. The molecule has 5 heteroatoms. The number of hydrogen-bond donors (Lipinski definition) is 1. The molecule has 0 bridgehead atoms. The van der Waals surface area contributed by atoms with Crippen LogP contribution in [0.4, 0.5) is 9.18 Å². The maximum Gasteiger partial charge on any atom is 0.409 e. The van der Waals surface area contributed by atoms with Gasteiger partial charge in [-0.25, -0.2) is 9.18 Å². The lowest BCUT2D eigenvalue weighted by Gasteiger charge is -2.32. The van der Waals surface area contributed by atoms with E-state index in [2.05, 4.69) is 4.74 Å². The second-order valence-corrected chi connectivity index (χ2v) is 2.72. The van der Waals surface area contributed by atoms with E-state index in [4.69, 9.17) is 5.11 Å². The molecule has 0 unspecified atom stereocenters. The number of aliphatic hydroxyl groups excluding tert-OH is 1. The Morgan fingerprint density at radius 3 is 3.00 bits per heavy atom. The van der Waals surface area contributed by atoms with Crippen molar-refractivity contribution in [3.8, 4) is 0 Å². The Morgan fingerprint density at radius 2 is 2.55 bits per heavy atom. The highest BCUT2D eigenvalue weighted by Gasteiger charge is 2.38. The molecule has 0 aromatic heterocycles. The van der Waals surface area contributed by atoms with Crippen molar-refractivity contribution in [1.29, 1.82) is 0 Å². The van der Waals surface area contributed by atoms with Crippen molar-refractivity contribution in [2.75, 3.05) is 26.8 Å². The van der Waals surface area contributed by atoms with Crippen LogP contribution in [0.1, 0.15) is 0 Å². The van der Waals surface area contributed by atoms with Crippen molar-refractivity contribution in [3.05, 3.63) is 0 Å². The Balaban J connectivity index is 2.58. The van der Waals surface area contributed by atoms with E-state index in [1.165, 1.54) is 7.05 Å². The average molecular weight is 163 g/mol. The predicted octanol–water partition coefficient (Wildman–Crippen LogP) is -0.231. The number of cyclic esters (lactones) is 1. The number of ether oxygens (including phenoxy) is 1. The van der Waals surface area contributed by atoms with Gasteiger partial charge in [0.1, 0.15) is 6.61 Å². The second kappa shape index (κ2) is 2.65. The molecule has 1 rings (SSSR count). The third kappa shape index (κ3) is 1.59. The fourth-order valence-corrected chi connectivity index (χ4v) is 0.932. The van der Waals surface area contributed by atoms with Crippen LogP contribution in [0.5, 0.6) is 0 Å². The minimum Gasteiger partial charge on any atom is -0.446 e. The molecule has 11 heavy (non-hydrogen) atoms. The summed E-state index contributed by atoms with van der Waals surface area (Å²) in [4.78, 5) is 11.8. The maximum absolute atomic E-state index is 13.2. The van der Waals surface area contributed by atoms with E-state index in [1.54, 1.807) is 0 Å². The van der Waals surface area contributed by atoms with Gasteiger partial charge in [0.05, 0.1) is 13.2 Å². The van der Waals surface area contributed by atoms with Crippen molar-refractivity contribution in [2.24, 2.45) is 0 Å². The summed E-state index contributed by atoms with van der Waals surface area (Å²) >= 11 is 0. The summed E-state index contributed by atoms with van der Waals surface area (Å²) in [5.74, 6) is 0. The molecular formula is C6H10FNO3. The molecule has 1 saturated heterocycles. The molecule has 1 heterocycles. The Morgan fingerprint density at radius 1 is 1.91 bits per heavy atom. The van der Waals surface area contributed by atoms with E-state index < -0.39 is 18.4 Å². The summed E-state index contributed by atoms with van der Waals surface area (Å²) in [6.07, 6.45) is -0.549. The lowest BCUT2D eigenvalue weighted by atomic mass is 10.1. The highest BCUT2D eigenvalue weighted by atomic mass is 19.1. The minimum absolute atomic E-state index is 0.109. The lowest BCUT2D eigenvalue weighted by Crippen LogP contribution is -2.52. The van der Waals surface area contributed by atoms with E-state index in [1.807, 2.05) is 0 Å². The normalized spacial score (nSPS) is 31.9. The van der Waals surface area contributed by atoms with Gasteiger partial charge in [-0.2, -0.15) is 0 Å². The topological polar surface area (TPSA) is 49.8 Å². The Kier molecular flexibility index (Phi) is 1.99. The number of halogens is 1. The van der Waals surface area contributed by atoms with E-state index in [9.17, 15) is 9.18 Å². The monoisotopic (exact) mass is 163 g/mol. The highest BCUT2D eigenvalue weighted by Crippen LogP contribution is 2.17. The van der Waals surface area contributed by atoms with Crippen LogP contribution in [0.15, 0.2) is 0 Å². The zero-order valence-corrected chi connectivity index (χ0v) is 6.21. The first-order valence-corrected chi connectivity index (χ1v) is 3.25. The van der Waals surface area contributed by atoms with Gasteiger partial charge >= 0.3 is 6.09 Å². The van der Waals surface area contributed by atoms with Crippen LogP contribution < -0.4 is 0 Å². The van der Waals surface area contributed by atoms with Crippen molar-refractivity contribution < 1.29 is 19.0 Å². The van der Waals surface area contributed by atoms with Crippen LogP contribution in [0.25, 0.3) is 0 Å². The number of nitrogens with zero attached hydrogens (tertiary/aromatic N) is 1. The van der Waals surface area contributed by atoms with Crippen LogP contribution >= 0.6 is 0 Å².